The zero-order valence-corrected chi connectivity index (χ0v) is 17.7. The van der Waals surface area contributed by atoms with Crippen molar-refractivity contribution in [1.29, 1.82) is 0 Å². The number of nitrogens with two attached hydrogens (primary N) is 1. The number of amides is 1. The number of nitrogens with one attached hydrogen (secondary N) is 1. The Morgan fingerprint density at radius 2 is 1.93 bits per heavy atom. The van der Waals surface area contributed by atoms with Gasteiger partial charge in [-0.1, -0.05) is 12.1 Å². The molecule has 1 amide bonds. The van der Waals surface area contributed by atoms with Crippen molar-refractivity contribution >= 4 is 42.2 Å². The third-order valence-electron chi connectivity index (χ3n) is 4.60. The van der Waals surface area contributed by atoms with E-state index in [2.05, 4.69) is 10.3 Å². The van der Waals surface area contributed by atoms with Crippen molar-refractivity contribution in [2.75, 3.05) is 31.6 Å². The number of nitrogens with zero attached hydrogens (tertiary/aromatic N) is 2. The van der Waals surface area contributed by atoms with Crippen LogP contribution in [0, 0.1) is 5.82 Å². The van der Waals surface area contributed by atoms with Crippen molar-refractivity contribution in [1.82, 2.24) is 9.88 Å². The van der Waals surface area contributed by atoms with E-state index in [0.29, 0.717) is 37.6 Å². The van der Waals surface area contributed by atoms with E-state index < -0.39 is 5.82 Å². The van der Waals surface area contributed by atoms with E-state index in [1.54, 1.807) is 41.4 Å². The van der Waals surface area contributed by atoms with Crippen LogP contribution in [0.4, 0.5) is 15.9 Å². The predicted octanol–water partition coefficient (Wildman–Crippen LogP) is 3.78. The molecule has 29 heavy (non-hydrogen) atoms. The Kier molecular flexibility index (Phi) is 10.9. The van der Waals surface area contributed by atoms with Crippen molar-refractivity contribution in [2.24, 2.45) is 5.73 Å². The zero-order chi connectivity index (χ0) is 19.1. The zero-order valence-electron chi connectivity index (χ0n) is 16.1. The van der Waals surface area contributed by atoms with Crippen LogP contribution in [0.15, 0.2) is 42.6 Å². The van der Waals surface area contributed by atoms with Crippen molar-refractivity contribution in [3.8, 4) is 0 Å². The van der Waals surface area contributed by atoms with Gasteiger partial charge in [-0.2, -0.15) is 0 Å². The predicted molar refractivity (Wildman–Crippen MR) is 117 cm³/mol. The monoisotopic (exact) mass is 444 g/mol. The molecule has 160 valence electrons. The Hall–Kier alpha value is -1.93. The van der Waals surface area contributed by atoms with E-state index in [1.807, 2.05) is 0 Å². The van der Waals surface area contributed by atoms with E-state index in [1.165, 1.54) is 6.07 Å². The first-order valence-electron chi connectivity index (χ1n) is 9.26. The molecule has 0 aliphatic carbocycles. The number of para-hydroxylation sites is 1. The van der Waals surface area contributed by atoms with Crippen LogP contribution < -0.4 is 11.1 Å². The van der Waals surface area contributed by atoms with Crippen LogP contribution in [-0.4, -0.2) is 48.1 Å². The minimum Gasteiger partial charge on any atom is -0.378 e. The van der Waals surface area contributed by atoms with Crippen LogP contribution in [0.3, 0.4) is 0 Å². The number of halogens is 3. The number of benzene rings is 1. The van der Waals surface area contributed by atoms with Gasteiger partial charge in [0.2, 0.25) is 0 Å². The normalized spacial score (nSPS) is 13.9. The van der Waals surface area contributed by atoms with E-state index in [-0.39, 0.29) is 42.5 Å². The van der Waals surface area contributed by atoms with E-state index in [9.17, 15) is 9.18 Å². The molecule has 6 nitrogen and oxygen atoms in total. The van der Waals surface area contributed by atoms with Gasteiger partial charge in [0.25, 0.3) is 5.91 Å². The number of ether oxygens (including phenoxy) is 1. The molecule has 2 heterocycles. The molecule has 1 aliphatic rings. The van der Waals surface area contributed by atoms with Gasteiger partial charge in [-0.25, -0.2) is 9.37 Å². The number of pyridine rings is 1. The van der Waals surface area contributed by atoms with Gasteiger partial charge >= 0.3 is 0 Å². The van der Waals surface area contributed by atoms with Crippen molar-refractivity contribution in [2.45, 2.75) is 25.4 Å². The van der Waals surface area contributed by atoms with Crippen LogP contribution in [0.1, 0.15) is 29.6 Å². The fraction of sp³-hybridized carbons (Fsp3) is 0.400. The minimum absolute atomic E-state index is 0. The van der Waals surface area contributed by atoms with Crippen LogP contribution in [0.2, 0.25) is 0 Å². The summed E-state index contributed by atoms with van der Waals surface area (Å²) in [5.41, 5.74) is 6.20. The fourth-order valence-corrected chi connectivity index (χ4v) is 3.10. The average molecular weight is 445 g/mol. The van der Waals surface area contributed by atoms with Gasteiger partial charge in [0, 0.05) is 25.9 Å². The quantitative estimate of drug-likeness (QED) is 0.635. The summed E-state index contributed by atoms with van der Waals surface area (Å²) < 4.78 is 19.7. The molecule has 0 atom stereocenters. The smallest absolute Gasteiger partial charge is 0.257 e. The van der Waals surface area contributed by atoms with Gasteiger partial charge in [-0.05, 0) is 50.1 Å². The second-order valence-electron chi connectivity index (χ2n) is 6.51. The summed E-state index contributed by atoms with van der Waals surface area (Å²) in [7, 11) is 0. The summed E-state index contributed by atoms with van der Waals surface area (Å²) in [6.07, 6.45) is 4.20. The van der Waals surface area contributed by atoms with Gasteiger partial charge in [-0.3, -0.25) is 4.79 Å². The minimum atomic E-state index is -0.392. The van der Waals surface area contributed by atoms with Gasteiger partial charge in [-0.15, -0.1) is 24.8 Å². The van der Waals surface area contributed by atoms with Gasteiger partial charge in [0.15, 0.2) is 0 Å². The van der Waals surface area contributed by atoms with Gasteiger partial charge in [0.05, 0.1) is 17.4 Å². The lowest BCUT2D eigenvalue weighted by molar-refractivity contribution is 0.00847. The molecule has 2 aromatic rings. The summed E-state index contributed by atoms with van der Waals surface area (Å²) in [5, 5.41) is 2.93. The highest BCUT2D eigenvalue weighted by Gasteiger charge is 2.26. The lowest BCUT2D eigenvalue weighted by Gasteiger charge is -2.32. The summed E-state index contributed by atoms with van der Waals surface area (Å²) in [5.74, 6) is -0.145. The lowest BCUT2D eigenvalue weighted by Crippen LogP contribution is -2.41. The number of rotatable bonds is 7. The highest BCUT2D eigenvalue weighted by molar-refractivity contribution is 5.99. The Morgan fingerprint density at radius 1 is 1.21 bits per heavy atom. The summed E-state index contributed by atoms with van der Waals surface area (Å²) in [6, 6.07) is 9.74. The first-order chi connectivity index (χ1) is 13.2. The Labute approximate surface area is 182 Å². The van der Waals surface area contributed by atoms with Crippen LogP contribution in [-0.2, 0) is 4.74 Å². The molecule has 0 spiro atoms. The number of anilines is 2. The standard InChI is InChI=1S/C20H25FN4O2.2ClH/c21-17-6-1-2-7-18(17)24-19-16(5-3-11-23-19)20(26)25-12-8-15(9-13-25)27-14-4-10-22;;/h1-3,5-7,11,15H,4,8-10,12-14,22H2,(H,23,24);2*1H. The second kappa shape index (κ2) is 12.6. The molecule has 3 N–H and O–H groups in total. The summed E-state index contributed by atoms with van der Waals surface area (Å²) in [4.78, 5) is 19.0. The van der Waals surface area contributed by atoms with Crippen LogP contribution >= 0.6 is 24.8 Å². The molecular formula is C20H27Cl2FN4O2. The molecule has 0 bridgehead atoms. The van der Waals surface area contributed by atoms with Crippen LogP contribution in [0.25, 0.3) is 0 Å². The Bertz CT molecular complexity index is 774. The second-order valence-corrected chi connectivity index (χ2v) is 6.51. The molecule has 1 fully saturated rings. The molecule has 1 aromatic heterocycles. The largest absolute Gasteiger partial charge is 0.378 e. The summed E-state index contributed by atoms with van der Waals surface area (Å²) >= 11 is 0. The lowest BCUT2D eigenvalue weighted by atomic mass is 10.1. The molecule has 1 saturated heterocycles. The van der Waals surface area contributed by atoms with E-state index in [0.717, 1.165) is 19.3 Å². The number of hydrogen-bond acceptors (Lipinski definition) is 5. The maximum atomic E-state index is 13.9. The van der Waals surface area contributed by atoms with Crippen molar-refractivity contribution in [3.05, 3.63) is 54.0 Å². The highest BCUT2D eigenvalue weighted by Crippen LogP contribution is 2.23. The first-order valence-corrected chi connectivity index (χ1v) is 9.26. The third-order valence-corrected chi connectivity index (χ3v) is 4.60. The number of carbonyl (C=O) groups excluding carboxylic acids is 1. The van der Waals surface area contributed by atoms with Gasteiger partial charge in [0.1, 0.15) is 11.6 Å². The summed E-state index contributed by atoms with van der Waals surface area (Å²) in [6.45, 7) is 2.53. The molecular weight excluding hydrogens is 418 g/mol. The number of likely N-dealkylation sites (tertiary alicyclic amines) is 1. The first kappa shape index (κ1) is 25.1. The Morgan fingerprint density at radius 3 is 2.62 bits per heavy atom. The fourth-order valence-electron chi connectivity index (χ4n) is 3.10. The number of hydrogen-bond donors (Lipinski definition) is 2. The molecule has 3 rings (SSSR count). The number of aromatic nitrogens is 1. The topological polar surface area (TPSA) is 80.5 Å². The van der Waals surface area contributed by atoms with Crippen LogP contribution in [0.5, 0.6) is 0 Å². The maximum absolute atomic E-state index is 13.9. The van der Waals surface area contributed by atoms with E-state index >= 15 is 0 Å². The van der Waals surface area contributed by atoms with E-state index in [4.69, 9.17) is 10.5 Å². The maximum Gasteiger partial charge on any atom is 0.257 e. The third kappa shape index (κ3) is 6.82. The number of piperidine rings is 1. The van der Waals surface area contributed by atoms with Crippen molar-refractivity contribution in [3.63, 3.8) is 0 Å². The SMILES string of the molecule is Cl.Cl.NCCCOC1CCN(C(=O)c2cccnc2Nc2ccccc2F)CC1. The highest BCUT2D eigenvalue weighted by atomic mass is 35.5. The molecule has 1 aliphatic heterocycles. The van der Waals surface area contributed by atoms with Gasteiger partial charge < -0.3 is 20.7 Å². The van der Waals surface area contributed by atoms with Crippen molar-refractivity contribution < 1.29 is 13.9 Å². The molecule has 1 aromatic carbocycles. The average Bonchev–Trinajstić information content (AvgIpc) is 2.70. The Balaban J connectivity index is 0.00000210. The molecule has 0 unspecified atom stereocenters. The number of carbonyl (C=O) groups is 1. The molecule has 9 heteroatoms. The molecule has 0 saturated carbocycles. The molecule has 0 radical (unpaired) electrons.